The van der Waals surface area contributed by atoms with Crippen molar-refractivity contribution in [1.29, 1.82) is 0 Å². The minimum absolute atomic E-state index is 0.0900. The average molecular weight is 396 g/mol. The molecule has 3 fully saturated rings. The maximum Gasteiger partial charge on any atom is 0.255 e. The van der Waals surface area contributed by atoms with Gasteiger partial charge in [0.25, 0.3) is 5.91 Å². The van der Waals surface area contributed by atoms with E-state index in [2.05, 4.69) is 21.6 Å². The molecule has 0 bridgehead atoms. The molecule has 0 aromatic heterocycles. The standard InChI is InChI=1S/C22H28N4O3/c27-20-4-3-19(21(28)24-20)26-13-17-2-1-14(9-18(17)22(26)29)12-25-7-5-15-10-23-11-16(15)6-8-25/h1-2,9,15-16,19,23H,3-8,10-13H2,(H,24,27,28)/t15-,16+,19?. The first-order valence-electron chi connectivity index (χ1n) is 10.8. The topological polar surface area (TPSA) is 81.8 Å². The minimum Gasteiger partial charge on any atom is -0.322 e. The number of benzene rings is 1. The van der Waals surface area contributed by atoms with E-state index in [9.17, 15) is 14.4 Å². The molecule has 3 saturated heterocycles. The molecule has 4 aliphatic heterocycles. The van der Waals surface area contributed by atoms with Crippen molar-refractivity contribution in [1.82, 2.24) is 20.4 Å². The van der Waals surface area contributed by atoms with Crippen LogP contribution in [-0.4, -0.2) is 59.7 Å². The predicted octanol–water partition coefficient (Wildman–Crippen LogP) is 0.879. The second-order valence-electron chi connectivity index (χ2n) is 8.92. The molecular weight excluding hydrogens is 368 g/mol. The van der Waals surface area contributed by atoms with Crippen LogP contribution in [-0.2, 0) is 22.7 Å². The van der Waals surface area contributed by atoms with Crippen LogP contribution in [0.25, 0.3) is 0 Å². The summed E-state index contributed by atoms with van der Waals surface area (Å²) >= 11 is 0. The predicted molar refractivity (Wildman–Crippen MR) is 107 cm³/mol. The highest BCUT2D eigenvalue weighted by atomic mass is 16.2. The summed E-state index contributed by atoms with van der Waals surface area (Å²) in [7, 11) is 0. The lowest BCUT2D eigenvalue weighted by Gasteiger charge is -2.29. The molecule has 154 valence electrons. The van der Waals surface area contributed by atoms with Crippen LogP contribution < -0.4 is 10.6 Å². The zero-order valence-electron chi connectivity index (χ0n) is 16.7. The van der Waals surface area contributed by atoms with Gasteiger partial charge in [-0.05, 0) is 74.5 Å². The lowest BCUT2D eigenvalue weighted by atomic mass is 9.92. The molecule has 1 aromatic rings. The molecule has 4 aliphatic rings. The van der Waals surface area contributed by atoms with Crippen molar-refractivity contribution in [3.63, 3.8) is 0 Å². The summed E-state index contributed by atoms with van der Waals surface area (Å²) in [6.45, 7) is 5.84. The van der Waals surface area contributed by atoms with Crippen LogP contribution in [0.1, 0.15) is 47.2 Å². The largest absolute Gasteiger partial charge is 0.322 e. The quantitative estimate of drug-likeness (QED) is 0.742. The first-order chi connectivity index (χ1) is 14.1. The van der Waals surface area contributed by atoms with Gasteiger partial charge in [-0.15, -0.1) is 0 Å². The summed E-state index contributed by atoms with van der Waals surface area (Å²) in [5.74, 6) is 0.919. The molecule has 1 aromatic carbocycles. The third-order valence-corrected chi connectivity index (χ3v) is 7.11. The van der Waals surface area contributed by atoms with Crippen LogP contribution in [0.15, 0.2) is 18.2 Å². The number of carbonyl (C=O) groups is 3. The first kappa shape index (κ1) is 18.8. The maximum absolute atomic E-state index is 13.0. The van der Waals surface area contributed by atoms with Crippen LogP contribution >= 0.6 is 0 Å². The van der Waals surface area contributed by atoms with Crippen molar-refractivity contribution in [2.75, 3.05) is 26.2 Å². The van der Waals surface area contributed by atoms with E-state index >= 15 is 0 Å². The number of nitrogens with one attached hydrogen (secondary N) is 2. The highest BCUT2D eigenvalue weighted by molar-refractivity contribution is 6.05. The number of hydrogen-bond donors (Lipinski definition) is 2. The molecule has 7 heteroatoms. The number of carbonyl (C=O) groups excluding carboxylic acids is 3. The van der Waals surface area contributed by atoms with E-state index in [4.69, 9.17) is 0 Å². The van der Waals surface area contributed by atoms with Crippen LogP contribution in [0.2, 0.25) is 0 Å². The molecule has 29 heavy (non-hydrogen) atoms. The van der Waals surface area contributed by atoms with E-state index in [1.54, 1.807) is 4.90 Å². The number of fused-ring (bicyclic) bond motifs is 2. The molecular formula is C22H28N4O3. The van der Waals surface area contributed by atoms with Gasteiger partial charge in [0.1, 0.15) is 6.04 Å². The molecule has 0 radical (unpaired) electrons. The Hall–Kier alpha value is -2.25. The maximum atomic E-state index is 13.0. The molecule has 5 rings (SSSR count). The highest BCUT2D eigenvalue weighted by Gasteiger charge is 2.39. The van der Waals surface area contributed by atoms with Gasteiger partial charge in [-0.2, -0.15) is 0 Å². The molecule has 0 aliphatic carbocycles. The van der Waals surface area contributed by atoms with Crippen molar-refractivity contribution in [2.24, 2.45) is 11.8 Å². The van der Waals surface area contributed by atoms with Gasteiger partial charge in [0.05, 0.1) is 0 Å². The number of rotatable bonds is 3. The fourth-order valence-corrected chi connectivity index (χ4v) is 5.39. The number of piperidine rings is 1. The third kappa shape index (κ3) is 3.57. The van der Waals surface area contributed by atoms with Crippen LogP contribution in [0, 0.1) is 11.8 Å². The van der Waals surface area contributed by atoms with Gasteiger partial charge in [-0.3, -0.25) is 24.6 Å². The van der Waals surface area contributed by atoms with Crippen molar-refractivity contribution in [2.45, 2.75) is 44.8 Å². The molecule has 0 spiro atoms. The summed E-state index contributed by atoms with van der Waals surface area (Å²) in [5, 5.41) is 5.88. The Morgan fingerprint density at radius 2 is 1.76 bits per heavy atom. The fourth-order valence-electron chi connectivity index (χ4n) is 5.39. The van der Waals surface area contributed by atoms with Crippen molar-refractivity contribution in [3.05, 3.63) is 34.9 Å². The Morgan fingerprint density at radius 1 is 1.00 bits per heavy atom. The summed E-state index contributed by atoms with van der Waals surface area (Å²) < 4.78 is 0. The Balaban J connectivity index is 1.27. The molecule has 2 N–H and O–H groups in total. The van der Waals surface area contributed by atoms with Gasteiger partial charge in [-0.1, -0.05) is 12.1 Å². The smallest absolute Gasteiger partial charge is 0.255 e. The number of nitrogens with zero attached hydrogens (tertiary/aromatic N) is 2. The van der Waals surface area contributed by atoms with Crippen molar-refractivity contribution < 1.29 is 14.4 Å². The number of likely N-dealkylation sites (tertiary alicyclic amines) is 1. The second kappa shape index (κ2) is 7.54. The summed E-state index contributed by atoms with van der Waals surface area (Å²) in [6, 6.07) is 5.62. The first-order valence-corrected chi connectivity index (χ1v) is 10.8. The summed E-state index contributed by atoms with van der Waals surface area (Å²) in [6.07, 6.45) is 3.17. The second-order valence-corrected chi connectivity index (χ2v) is 8.92. The Bertz CT molecular complexity index is 840. The van der Waals surface area contributed by atoms with E-state index in [0.29, 0.717) is 18.5 Å². The molecule has 1 unspecified atom stereocenters. The third-order valence-electron chi connectivity index (χ3n) is 7.11. The van der Waals surface area contributed by atoms with Crippen LogP contribution in [0.5, 0.6) is 0 Å². The van der Waals surface area contributed by atoms with Gasteiger partial charge >= 0.3 is 0 Å². The van der Waals surface area contributed by atoms with Crippen LogP contribution in [0.4, 0.5) is 0 Å². The number of imide groups is 1. The Kier molecular flexibility index (Phi) is 4.87. The summed E-state index contributed by atoms with van der Waals surface area (Å²) in [5.41, 5.74) is 2.84. The monoisotopic (exact) mass is 396 g/mol. The zero-order valence-corrected chi connectivity index (χ0v) is 16.7. The van der Waals surface area contributed by atoms with E-state index in [0.717, 1.165) is 55.7 Å². The van der Waals surface area contributed by atoms with Gasteiger partial charge in [0.15, 0.2) is 0 Å². The number of hydrogen-bond acceptors (Lipinski definition) is 5. The molecule has 3 amide bonds. The summed E-state index contributed by atoms with van der Waals surface area (Å²) in [4.78, 5) is 40.7. The van der Waals surface area contributed by atoms with Crippen molar-refractivity contribution >= 4 is 17.7 Å². The van der Waals surface area contributed by atoms with E-state index in [-0.39, 0.29) is 24.1 Å². The Morgan fingerprint density at radius 3 is 2.48 bits per heavy atom. The Labute approximate surface area is 170 Å². The SMILES string of the molecule is O=C1CCC(N2Cc3ccc(CN4CC[C@@H]5CNC[C@@H]5CC4)cc3C2=O)C(=O)N1. The van der Waals surface area contributed by atoms with Crippen LogP contribution in [0.3, 0.4) is 0 Å². The van der Waals surface area contributed by atoms with Gasteiger partial charge in [0.2, 0.25) is 11.8 Å². The molecule has 4 heterocycles. The molecule has 0 saturated carbocycles. The lowest BCUT2D eigenvalue weighted by molar-refractivity contribution is -0.136. The zero-order chi connectivity index (χ0) is 20.0. The van der Waals surface area contributed by atoms with E-state index in [1.807, 2.05) is 12.1 Å². The lowest BCUT2D eigenvalue weighted by Crippen LogP contribution is -2.52. The van der Waals surface area contributed by atoms with Gasteiger partial charge in [0, 0.05) is 25.1 Å². The van der Waals surface area contributed by atoms with Gasteiger partial charge in [-0.25, -0.2) is 0 Å². The van der Waals surface area contributed by atoms with E-state index in [1.165, 1.54) is 12.8 Å². The van der Waals surface area contributed by atoms with Gasteiger partial charge < -0.3 is 10.2 Å². The minimum atomic E-state index is -0.547. The average Bonchev–Trinajstić information content (AvgIpc) is 3.23. The molecule has 7 nitrogen and oxygen atoms in total. The van der Waals surface area contributed by atoms with Crippen molar-refractivity contribution in [3.8, 4) is 0 Å². The molecule has 3 atom stereocenters. The normalized spacial score (nSPS) is 30.1. The highest BCUT2D eigenvalue weighted by Crippen LogP contribution is 2.30. The fraction of sp³-hybridized carbons (Fsp3) is 0.591. The van der Waals surface area contributed by atoms with E-state index < -0.39 is 6.04 Å². The number of amides is 3.